The van der Waals surface area contributed by atoms with Crippen molar-refractivity contribution in [1.29, 1.82) is 0 Å². The van der Waals surface area contributed by atoms with Crippen molar-refractivity contribution < 1.29 is 4.74 Å². The zero-order valence-corrected chi connectivity index (χ0v) is 9.79. The molecule has 0 bridgehead atoms. The van der Waals surface area contributed by atoms with Crippen LogP contribution in [0.25, 0.3) is 0 Å². The minimum atomic E-state index is 0.619. The van der Waals surface area contributed by atoms with E-state index in [4.69, 9.17) is 4.74 Å². The number of ether oxygens (including phenoxy) is 1. The summed E-state index contributed by atoms with van der Waals surface area (Å²) in [6.07, 6.45) is 0. The van der Waals surface area contributed by atoms with Gasteiger partial charge in [-0.2, -0.15) is 0 Å². The summed E-state index contributed by atoms with van der Waals surface area (Å²) in [5.41, 5.74) is 1.25. The van der Waals surface area contributed by atoms with Gasteiger partial charge in [-0.15, -0.1) is 0 Å². The molecular weight excluding hydrogens is 172 g/mol. The number of hydrogen-bond donors (Lipinski definition) is 0. The molecule has 1 aromatic rings. The van der Waals surface area contributed by atoms with Crippen LogP contribution in [0, 0.1) is 5.92 Å². The third-order valence-electron chi connectivity index (χ3n) is 1.56. The zero-order valence-electron chi connectivity index (χ0n) is 9.79. The average Bonchev–Trinajstić information content (AvgIpc) is 2.22. The first-order valence-electron chi connectivity index (χ1n) is 5.40. The van der Waals surface area contributed by atoms with Crippen LogP contribution < -0.4 is 0 Å². The van der Waals surface area contributed by atoms with Crippen molar-refractivity contribution >= 4 is 0 Å². The fourth-order valence-corrected chi connectivity index (χ4v) is 0.987. The quantitative estimate of drug-likeness (QED) is 0.706. The van der Waals surface area contributed by atoms with Gasteiger partial charge in [0, 0.05) is 6.61 Å². The summed E-state index contributed by atoms with van der Waals surface area (Å²) in [6.45, 7) is 9.89. The maximum Gasteiger partial charge on any atom is 0.0717 e. The monoisotopic (exact) mass is 194 g/mol. The Labute approximate surface area is 88.1 Å². The van der Waals surface area contributed by atoms with Crippen molar-refractivity contribution in [3.05, 3.63) is 35.9 Å². The molecule has 0 spiro atoms. The van der Waals surface area contributed by atoms with Crippen LogP contribution in [0.1, 0.15) is 33.3 Å². The summed E-state index contributed by atoms with van der Waals surface area (Å²) in [5.74, 6) is 0.619. The van der Waals surface area contributed by atoms with Crippen LogP contribution in [0.2, 0.25) is 0 Å². The lowest BCUT2D eigenvalue weighted by atomic mass is 10.2. The predicted molar refractivity (Wildman–Crippen MR) is 62.3 cm³/mol. The van der Waals surface area contributed by atoms with E-state index in [1.807, 2.05) is 32.0 Å². The third kappa shape index (κ3) is 6.67. The van der Waals surface area contributed by atoms with Gasteiger partial charge in [-0.3, -0.25) is 0 Å². The molecular formula is C13H22O. The number of hydrogen-bond acceptors (Lipinski definition) is 1. The maximum atomic E-state index is 5.48. The highest BCUT2D eigenvalue weighted by Crippen LogP contribution is 2.02. The van der Waals surface area contributed by atoms with E-state index < -0.39 is 0 Å². The van der Waals surface area contributed by atoms with Crippen molar-refractivity contribution in [2.24, 2.45) is 5.92 Å². The summed E-state index contributed by atoms with van der Waals surface area (Å²) >= 11 is 0. The zero-order chi connectivity index (χ0) is 10.8. The Morgan fingerprint density at radius 1 is 1.07 bits per heavy atom. The second kappa shape index (κ2) is 8.76. The molecule has 0 heterocycles. The summed E-state index contributed by atoms with van der Waals surface area (Å²) in [7, 11) is 0. The highest BCUT2D eigenvalue weighted by molar-refractivity contribution is 5.13. The van der Waals surface area contributed by atoms with Gasteiger partial charge in [-0.25, -0.2) is 0 Å². The van der Waals surface area contributed by atoms with Gasteiger partial charge >= 0.3 is 0 Å². The van der Waals surface area contributed by atoms with E-state index in [0.717, 1.165) is 13.2 Å². The van der Waals surface area contributed by atoms with Crippen LogP contribution in [-0.2, 0) is 11.3 Å². The van der Waals surface area contributed by atoms with E-state index in [1.165, 1.54) is 5.56 Å². The maximum absolute atomic E-state index is 5.48. The van der Waals surface area contributed by atoms with Crippen molar-refractivity contribution in [1.82, 2.24) is 0 Å². The van der Waals surface area contributed by atoms with Crippen molar-refractivity contribution in [3.8, 4) is 0 Å². The molecule has 1 rings (SSSR count). The van der Waals surface area contributed by atoms with Gasteiger partial charge < -0.3 is 4.74 Å². The lowest BCUT2D eigenvalue weighted by molar-refractivity contribution is 0.0971. The lowest BCUT2D eigenvalue weighted by Gasteiger charge is -2.05. The van der Waals surface area contributed by atoms with Crippen LogP contribution in [0.5, 0.6) is 0 Å². The van der Waals surface area contributed by atoms with Crippen molar-refractivity contribution in [2.45, 2.75) is 34.3 Å². The van der Waals surface area contributed by atoms with Gasteiger partial charge in [-0.1, -0.05) is 58.0 Å². The molecule has 0 fully saturated rings. The molecule has 0 aliphatic heterocycles. The number of rotatable bonds is 4. The molecule has 0 radical (unpaired) electrons. The topological polar surface area (TPSA) is 9.23 Å². The molecule has 0 saturated carbocycles. The fourth-order valence-electron chi connectivity index (χ4n) is 0.987. The molecule has 0 aliphatic carbocycles. The first kappa shape index (κ1) is 13.2. The highest BCUT2D eigenvalue weighted by Gasteiger charge is 1.94. The Kier molecular flexibility index (Phi) is 8.25. The minimum Gasteiger partial charge on any atom is -0.377 e. The first-order valence-corrected chi connectivity index (χ1v) is 5.40. The highest BCUT2D eigenvalue weighted by atomic mass is 16.5. The molecule has 1 heteroatoms. The Morgan fingerprint density at radius 2 is 1.64 bits per heavy atom. The Balaban J connectivity index is 0.000000791. The lowest BCUT2D eigenvalue weighted by Crippen LogP contribution is -2.01. The molecule has 0 aromatic heterocycles. The summed E-state index contributed by atoms with van der Waals surface area (Å²) in [4.78, 5) is 0. The van der Waals surface area contributed by atoms with Gasteiger partial charge in [-0.05, 0) is 11.5 Å². The van der Waals surface area contributed by atoms with Crippen LogP contribution in [0.15, 0.2) is 30.3 Å². The Hall–Kier alpha value is -0.820. The third-order valence-corrected chi connectivity index (χ3v) is 1.56. The standard InChI is InChI=1S/C11H16O.C2H6/c1-10(2)8-12-9-11-6-4-3-5-7-11;1-2/h3-7,10H,8-9H2,1-2H3;1-2H3. The summed E-state index contributed by atoms with van der Waals surface area (Å²) in [5, 5.41) is 0. The molecule has 0 unspecified atom stereocenters. The molecule has 0 N–H and O–H groups in total. The molecule has 1 nitrogen and oxygen atoms in total. The van der Waals surface area contributed by atoms with Crippen molar-refractivity contribution in [3.63, 3.8) is 0 Å². The SMILES string of the molecule is CC.CC(C)COCc1ccccc1. The van der Waals surface area contributed by atoms with E-state index in [-0.39, 0.29) is 0 Å². The van der Waals surface area contributed by atoms with Gasteiger partial charge in [0.15, 0.2) is 0 Å². The van der Waals surface area contributed by atoms with Gasteiger partial charge in [0.1, 0.15) is 0 Å². The van der Waals surface area contributed by atoms with E-state index in [2.05, 4.69) is 26.0 Å². The first-order chi connectivity index (χ1) is 6.79. The smallest absolute Gasteiger partial charge is 0.0717 e. The van der Waals surface area contributed by atoms with Crippen LogP contribution in [-0.4, -0.2) is 6.61 Å². The van der Waals surface area contributed by atoms with Gasteiger partial charge in [0.05, 0.1) is 6.61 Å². The molecule has 0 aliphatic rings. The second-order valence-corrected chi connectivity index (χ2v) is 3.39. The molecule has 80 valence electrons. The second-order valence-electron chi connectivity index (χ2n) is 3.39. The predicted octanol–water partition coefficient (Wildman–Crippen LogP) is 3.89. The van der Waals surface area contributed by atoms with E-state index in [0.29, 0.717) is 5.92 Å². The van der Waals surface area contributed by atoms with Crippen LogP contribution >= 0.6 is 0 Å². The van der Waals surface area contributed by atoms with Gasteiger partial charge in [0.2, 0.25) is 0 Å². The average molecular weight is 194 g/mol. The molecule has 0 atom stereocenters. The van der Waals surface area contributed by atoms with E-state index in [1.54, 1.807) is 0 Å². The largest absolute Gasteiger partial charge is 0.377 e. The van der Waals surface area contributed by atoms with Crippen LogP contribution in [0.4, 0.5) is 0 Å². The van der Waals surface area contributed by atoms with Crippen molar-refractivity contribution in [2.75, 3.05) is 6.61 Å². The number of benzene rings is 1. The summed E-state index contributed by atoms with van der Waals surface area (Å²) < 4.78 is 5.48. The fraction of sp³-hybridized carbons (Fsp3) is 0.538. The summed E-state index contributed by atoms with van der Waals surface area (Å²) in [6, 6.07) is 10.3. The van der Waals surface area contributed by atoms with E-state index >= 15 is 0 Å². The Morgan fingerprint density at radius 3 is 2.14 bits per heavy atom. The van der Waals surface area contributed by atoms with E-state index in [9.17, 15) is 0 Å². The Bertz CT molecular complexity index is 204. The molecule has 1 aromatic carbocycles. The van der Waals surface area contributed by atoms with Gasteiger partial charge in [0.25, 0.3) is 0 Å². The van der Waals surface area contributed by atoms with Crippen LogP contribution in [0.3, 0.4) is 0 Å². The molecule has 14 heavy (non-hydrogen) atoms. The minimum absolute atomic E-state index is 0.619. The molecule has 0 amide bonds. The molecule has 0 saturated heterocycles. The normalized spacial score (nSPS) is 9.50.